The van der Waals surface area contributed by atoms with Gasteiger partial charge in [0.25, 0.3) is 5.56 Å². The summed E-state index contributed by atoms with van der Waals surface area (Å²) in [5, 5.41) is 3.43. The second-order valence-corrected chi connectivity index (χ2v) is 6.53. The van der Waals surface area contributed by atoms with Gasteiger partial charge in [0.2, 0.25) is 0 Å². The van der Waals surface area contributed by atoms with Gasteiger partial charge in [-0.2, -0.15) is 0 Å². The van der Waals surface area contributed by atoms with Crippen LogP contribution in [0.5, 0.6) is 0 Å². The fraction of sp³-hybridized carbons (Fsp3) is 0.421. The number of hydrogen-bond donors (Lipinski definition) is 1. The molecule has 1 N–H and O–H groups in total. The van der Waals surface area contributed by atoms with Crippen LogP contribution >= 0.6 is 0 Å². The molecule has 0 unspecified atom stereocenters. The van der Waals surface area contributed by atoms with Gasteiger partial charge < -0.3 is 9.88 Å². The highest BCUT2D eigenvalue weighted by Crippen LogP contribution is 2.23. The van der Waals surface area contributed by atoms with Crippen LogP contribution in [0.3, 0.4) is 0 Å². The van der Waals surface area contributed by atoms with Gasteiger partial charge in [-0.25, -0.2) is 0 Å². The van der Waals surface area contributed by atoms with Crippen molar-refractivity contribution in [1.29, 1.82) is 0 Å². The molecule has 0 atom stereocenters. The van der Waals surface area contributed by atoms with Crippen LogP contribution in [0.25, 0.3) is 11.3 Å². The fourth-order valence-electron chi connectivity index (χ4n) is 2.74. The highest BCUT2D eigenvalue weighted by molar-refractivity contribution is 5.60. The van der Waals surface area contributed by atoms with Gasteiger partial charge in [0.15, 0.2) is 0 Å². The minimum Gasteiger partial charge on any atom is -0.310 e. The topological polar surface area (TPSA) is 34.0 Å². The lowest BCUT2D eigenvalue weighted by molar-refractivity contribution is 0.573. The van der Waals surface area contributed by atoms with Gasteiger partial charge in [0.05, 0.1) is 5.69 Å². The summed E-state index contributed by atoms with van der Waals surface area (Å²) >= 11 is 0. The summed E-state index contributed by atoms with van der Waals surface area (Å²) in [6.45, 7) is 6.88. The maximum atomic E-state index is 12.8. The molecule has 0 spiro atoms. The van der Waals surface area contributed by atoms with Crippen LogP contribution in [0.4, 0.5) is 0 Å². The Hall–Kier alpha value is -1.87. The standard InChI is InChI=1S/C19H24N2O/c1-13(2)21-18(15-6-4-14(3)5-7-15)11-8-16(19(21)22)12-20-17-9-10-17/h4-8,11,13,17,20H,9-10,12H2,1-3H3. The number of aryl methyl sites for hydroxylation is 1. The van der Waals surface area contributed by atoms with Crippen molar-refractivity contribution in [3.63, 3.8) is 0 Å². The molecule has 1 heterocycles. The third kappa shape index (κ3) is 3.14. The fourth-order valence-corrected chi connectivity index (χ4v) is 2.74. The van der Waals surface area contributed by atoms with Gasteiger partial charge in [-0.05, 0) is 45.2 Å². The molecular weight excluding hydrogens is 272 g/mol. The summed E-state index contributed by atoms with van der Waals surface area (Å²) in [6.07, 6.45) is 2.47. The summed E-state index contributed by atoms with van der Waals surface area (Å²) < 4.78 is 1.91. The molecular formula is C19H24N2O. The third-order valence-electron chi connectivity index (χ3n) is 4.22. The van der Waals surface area contributed by atoms with Crippen molar-refractivity contribution in [2.75, 3.05) is 0 Å². The first kappa shape index (κ1) is 15.0. The lowest BCUT2D eigenvalue weighted by Crippen LogP contribution is -2.29. The number of nitrogens with one attached hydrogen (secondary N) is 1. The third-order valence-corrected chi connectivity index (χ3v) is 4.22. The second kappa shape index (κ2) is 6.09. The minimum atomic E-state index is 0.126. The van der Waals surface area contributed by atoms with Gasteiger partial charge in [-0.3, -0.25) is 4.79 Å². The summed E-state index contributed by atoms with van der Waals surface area (Å²) in [4.78, 5) is 12.8. The van der Waals surface area contributed by atoms with Crippen LogP contribution in [0.15, 0.2) is 41.2 Å². The lowest BCUT2D eigenvalue weighted by Gasteiger charge is -2.18. The molecule has 0 amide bonds. The number of aromatic nitrogens is 1. The summed E-state index contributed by atoms with van der Waals surface area (Å²) in [5.74, 6) is 0. The summed E-state index contributed by atoms with van der Waals surface area (Å²) in [5.41, 5.74) is 4.30. The molecule has 1 aliphatic rings. The Balaban J connectivity index is 2.00. The molecule has 3 heteroatoms. The SMILES string of the molecule is Cc1ccc(-c2ccc(CNC3CC3)c(=O)n2C(C)C)cc1. The highest BCUT2D eigenvalue weighted by Gasteiger charge is 2.21. The van der Waals surface area contributed by atoms with E-state index >= 15 is 0 Å². The molecule has 1 aromatic carbocycles. The maximum Gasteiger partial charge on any atom is 0.255 e. The molecule has 22 heavy (non-hydrogen) atoms. The smallest absolute Gasteiger partial charge is 0.255 e. The van der Waals surface area contributed by atoms with E-state index in [1.54, 1.807) is 0 Å². The van der Waals surface area contributed by atoms with Crippen LogP contribution in [0, 0.1) is 6.92 Å². The molecule has 0 aliphatic heterocycles. The average molecular weight is 296 g/mol. The van der Waals surface area contributed by atoms with Crippen LogP contribution < -0.4 is 10.9 Å². The molecule has 1 saturated carbocycles. The number of hydrogen-bond acceptors (Lipinski definition) is 2. The summed E-state index contributed by atoms with van der Waals surface area (Å²) in [7, 11) is 0. The first-order valence-electron chi connectivity index (χ1n) is 8.11. The molecule has 0 saturated heterocycles. The summed E-state index contributed by atoms with van der Waals surface area (Å²) in [6, 6.07) is 13.2. The predicted octanol–water partition coefficient (Wildman–Crippen LogP) is 3.66. The van der Waals surface area contributed by atoms with E-state index in [1.165, 1.54) is 18.4 Å². The zero-order chi connectivity index (χ0) is 15.7. The Morgan fingerprint density at radius 2 is 1.82 bits per heavy atom. The van der Waals surface area contributed by atoms with Gasteiger partial charge in [0, 0.05) is 24.2 Å². The highest BCUT2D eigenvalue weighted by atomic mass is 16.1. The van der Waals surface area contributed by atoms with Crippen molar-refractivity contribution in [3.8, 4) is 11.3 Å². The number of rotatable bonds is 5. The lowest BCUT2D eigenvalue weighted by atomic mass is 10.1. The first-order chi connectivity index (χ1) is 10.6. The normalized spacial score (nSPS) is 14.5. The Bertz CT molecular complexity index is 709. The van der Waals surface area contributed by atoms with Crippen molar-refractivity contribution in [3.05, 3.63) is 57.9 Å². The van der Waals surface area contributed by atoms with Gasteiger partial charge in [-0.15, -0.1) is 0 Å². The van der Waals surface area contributed by atoms with E-state index in [0.717, 1.165) is 16.8 Å². The molecule has 0 bridgehead atoms. The van der Waals surface area contributed by atoms with E-state index in [2.05, 4.69) is 56.4 Å². The predicted molar refractivity (Wildman–Crippen MR) is 91.1 cm³/mol. The number of benzene rings is 1. The quantitative estimate of drug-likeness (QED) is 0.913. The Kier molecular flexibility index (Phi) is 4.16. The molecule has 1 fully saturated rings. The second-order valence-electron chi connectivity index (χ2n) is 6.53. The van der Waals surface area contributed by atoms with Crippen LogP contribution in [-0.4, -0.2) is 10.6 Å². The minimum absolute atomic E-state index is 0.126. The first-order valence-corrected chi connectivity index (χ1v) is 8.11. The van der Waals surface area contributed by atoms with Crippen molar-refractivity contribution < 1.29 is 0 Å². The van der Waals surface area contributed by atoms with Crippen molar-refractivity contribution in [1.82, 2.24) is 9.88 Å². The van der Waals surface area contributed by atoms with E-state index in [4.69, 9.17) is 0 Å². The molecule has 3 rings (SSSR count). The van der Waals surface area contributed by atoms with E-state index in [0.29, 0.717) is 12.6 Å². The Morgan fingerprint density at radius 1 is 1.14 bits per heavy atom. The molecule has 1 aliphatic carbocycles. The van der Waals surface area contributed by atoms with Crippen molar-refractivity contribution >= 4 is 0 Å². The van der Waals surface area contributed by atoms with Crippen molar-refractivity contribution in [2.24, 2.45) is 0 Å². The van der Waals surface area contributed by atoms with Gasteiger partial charge in [-0.1, -0.05) is 35.9 Å². The van der Waals surface area contributed by atoms with Crippen LogP contribution in [-0.2, 0) is 6.54 Å². The monoisotopic (exact) mass is 296 g/mol. The van der Waals surface area contributed by atoms with Crippen LogP contribution in [0.2, 0.25) is 0 Å². The molecule has 2 aromatic rings. The number of pyridine rings is 1. The van der Waals surface area contributed by atoms with Crippen LogP contribution in [0.1, 0.15) is 43.9 Å². The van der Waals surface area contributed by atoms with E-state index in [1.807, 2.05) is 10.6 Å². The van der Waals surface area contributed by atoms with Gasteiger partial charge >= 0.3 is 0 Å². The molecule has 0 radical (unpaired) electrons. The van der Waals surface area contributed by atoms with E-state index in [-0.39, 0.29) is 11.6 Å². The van der Waals surface area contributed by atoms with E-state index < -0.39 is 0 Å². The largest absolute Gasteiger partial charge is 0.310 e. The Labute approximate surface area is 132 Å². The molecule has 3 nitrogen and oxygen atoms in total. The van der Waals surface area contributed by atoms with Gasteiger partial charge in [0.1, 0.15) is 0 Å². The number of nitrogens with zero attached hydrogens (tertiary/aromatic N) is 1. The zero-order valence-electron chi connectivity index (χ0n) is 13.6. The Morgan fingerprint density at radius 3 is 2.41 bits per heavy atom. The maximum absolute atomic E-state index is 12.8. The zero-order valence-corrected chi connectivity index (χ0v) is 13.6. The van der Waals surface area contributed by atoms with E-state index in [9.17, 15) is 4.79 Å². The average Bonchev–Trinajstić information content (AvgIpc) is 3.30. The molecule has 1 aromatic heterocycles. The van der Waals surface area contributed by atoms with Crippen molar-refractivity contribution in [2.45, 2.75) is 52.2 Å². The molecule has 116 valence electrons.